The molecule has 0 spiro atoms. The second-order valence-electron chi connectivity index (χ2n) is 4.51. The van der Waals surface area contributed by atoms with Gasteiger partial charge in [0, 0.05) is 32.2 Å². The third-order valence-corrected chi connectivity index (χ3v) is 5.03. The predicted molar refractivity (Wildman–Crippen MR) is 67.6 cm³/mol. The van der Waals surface area contributed by atoms with Crippen molar-refractivity contribution in [2.75, 3.05) is 31.9 Å². The van der Waals surface area contributed by atoms with E-state index in [1.807, 2.05) is 13.0 Å². The molecule has 0 atom stereocenters. The summed E-state index contributed by atoms with van der Waals surface area (Å²) in [5.74, 6) is 1.01. The van der Waals surface area contributed by atoms with Crippen molar-refractivity contribution in [3.8, 4) is 0 Å². The Hall–Kier alpha value is -0.920. The fraction of sp³-hybridized carbons (Fsp3) is 0.727. The van der Waals surface area contributed by atoms with Crippen LogP contribution in [0.1, 0.15) is 18.4 Å². The van der Waals surface area contributed by atoms with Gasteiger partial charge in [0.2, 0.25) is 10.0 Å². The van der Waals surface area contributed by atoms with Crippen molar-refractivity contribution >= 4 is 10.0 Å². The summed E-state index contributed by atoms with van der Waals surface area (Å²) in [6.45, 7) is 6.85. The van der Waals surface area contributed by atoms with E-state index >= 15 is 0 Å². The number of sulfonamides is 1. The Balaban J connectivity index is 1.87. The first-order valence-electron chi connectivity index (χ1n) is 6.13. The summed E-state index contributed by atoms with van der Waals surface area (Å²) in [5.41, 5.74) is 0.872. The summed E-state index contributed by atoms with van der Waals surface area (Å²) < 4.78 is 30.1. The summed E-state index contributed by atoms with van der Waals surface area (Å²) in [4.78, 5) is 2.18. The average molecular weight is 273 g/mol. The van der Waals surface area contributed by atoms with Crippen molar-refractivity contribution < 1.29 is 12.9 Å². The quantitative estimate of drug-likeness (QED) is 0.797. The van der Waals surface area contributed by atoms with E-state index in [1.165, 1.54) is 0 Å². The van der Waals surface area contributed by atoms with Crippen LogP contribution >= 0.6 is 0 Å². The zero-order valence-electron chi connectivity index (χ0n) is 10.8. The Morgan fingerprint density at radius 2 is 2.00 bits per heavy atom. The number of aromatic nitrogens is 1. The number of hydrogen-bond acceptors (Lipinski definition) is 5. The molecule has 102 valence electrons. The molecule has 0 N–H and O–H groups in total. The highest BCUT2D eigenvalue weighted by molar-refractivity contribution is 7.89. The lowest BCUT2D eigenvalue weighted by Gasteiger charge is -2.33. The van der Waals surface area contributed by atoms with Crippen LogP contribution in [0, 0.1) is 6.92 Å². The summed E-state index contributed by atoms with van der Waals surface area (Å²) in [6, 6.07) is 1.91. The molecule has 0 aliphatic carbocycles. The molecule has 1 saturated heterocycles. The van der Waals surface area contributed by atoms with Crippen molar-refractivity contribution in [1.29, 1.82) is 0 Å². The number of hydrogen-bond donors (Lipinski definition) is 0. The molecule has 0 aromatic carbocycles. The van der Waals surface area contributed by atoms with Crippen LogP contribution in [-0.2, 0) is 16.6 Å². The van der Waals surface area contributed by atoms with Gasteiger partial charge < -0.3 is 4.52 Å². The molecule has 1 aliphatic heterocycles. The van der Waals surface area contributed by atoms with Gasteiger partial charge in [-0.2, -0.15) is 4.31 Å². The maximum absolute atomic E-state index is 11.7. The molecule has 0 unspecified atom stereocenters. The topological polar surface area (TPSA) is 66.7 Å². The third kappa shape index (κ3) is 3.09. The van der Waals surface area contributed by atoms with E-state index in [9.17, 15) is 8.42 Å². The van der Waals surface area contributed by atoms with Crippen LogP contribution < -0.4 is 0 Å². The van der Waals surface area contributed by atoms with Gasteiger partial charge in [-0.25, -0.2) is 8.42 Å². The van der Waals surface area contributed by atoms with Gasteiger partial charge in [0.05, 0.1) is 18.0 Å². The highest BCUT2D eigenvalue weighted by Gasteiger charge is 2.25. The van der Waals surface area contributed by atoms with Crippen LogP contribution in [-0.4, -0.2) is 54.7 Å². The minimum atomic E-state index is -3.04. The number of rotatable bonds is 4. The summed E-state index contributed by atoms with van der Waals surface area (Å²) in [6.07, 6.45) is 0. The van der Waals surface area contributed by atoms with E-state index < -0.39 is 10.0 Å². The second kappa shape index (κ2) is 5.38. The molecule has 0 bridgehead atoms. The van der Waals surface area contributed by atoms with Crippen LogP contribution in [0.4, 0.5) is 0 Å². The van der Waals surface area contributed by atoms with E-state index in [0.29, 0.717) is 19.6 Å². The Morgan fingerprint density at radius 3 is 2.50 bits per heavy atom. The zero-order valence-corrected chi connectivity index (χ0v) is 11.6. The van der Waals surface area contributed by atoms with Crippen molar-refractivity contribution in [1.82, 2.24) is 14.4 Å². The van der Waals surface area contributed by atoms with E-state index in [-0.39, 0.29) is 5.75 Å². The molecule has 2 heterocycles. The first-order chi connectivity index (χ1) is 8.51. The van der Waals surface area contributed by atoms with E-state index in [4.69, 9.17) is 4.52 Å². The van der Waals surface area contributed by atoms with Gasteiger partial charge in [-0.1, -0.05) is 5.16 Å². The van der Waals surface area contributed by atoms with Crippen LogP contribution in [0.5, 0.6) is 0 Å². The van der Waals surface area contributed by atoms with Crippen LogP contribution in [0.25, 0.3) is 0 Å². The summed E-state index contributed by atoms with van der Waals surface area (Å²) >= 11 is 0. The number of aryl methyl sites for hydroxylation is 1. The van der Waals surface area contributed by atoms with Gasteiger partial charge in [-0.05, 0) is 13.8 Å². The highest BCUT2D eigenvalue weighted by Crippen LogP contribution is 2.12. The smallest absolute Gasteiger partial charge is 0.213 e. The molecule has 6 nitrogen and oxygen atoms in total. The van der Waals surface area contributed by atoms with E-state index in [1.54, 1.807) is 11.2 Å². The van der Waals surface area contributed by atoms with Crippen molar-refractivity contribution in [2.24, 2.45) is 0 Å². The molecule has 0 amide bonds. The normalized spacial score (nSPS) is 19.2. The standard InChI is InChI=1S/C11H19N3O3S/c1-3-18(15,16)14-6-4-13(5-7-14)9-11-8-10(2)12-17-11/h8H,3-7,9H2,1-2H3. The molecule has 0 saturated carbocycles. The molecular formula is C11H19N3O3S. The first kappa shape index (κ1) is 13.5. The van der Waals surface area contributed by atoms with Gasteiger partial charge in [-0.15, -0.1) is 0 Å². The van der Waals surface area contributed by atoms with Crippen LogP contribution in [0.15, 0.2) is 10.6 Å². The molecule has 0 radical (unpaired) electrons. The molecule has 7 heteroatoms. The van der Waals surface area contributed by atoms with Crippen molar-refractivity contribution in [3.05, 3.63) is 17.5 Å². The zero-order chi connectivity index (χ0) is 13.2. The molecule has 1 aromatic rings. The predicted octanol–water partition coefficient (Wildman–Crippen LogP) is 0.450. The van der Waals surface area contributed by atoms with E-state index in [2.05, 4.69) is 10.1 Å². The lowest BCUT2D eigenvalue weighted by molar-refractivity contribution is 0.166. The summed E-state index contributed by atoms with van der Waals surface area (Å²) in [7, 11) is -3.04. The Morgan fingerprint density at radius 1 is 1.33 bits per heavy atom. The number of piperazine rings is 1. The van der Waals surface area contributed by atoms with E-state index in [0.717, 1.165) is 24.5 Å². The van der Waals surface area contributed by atoms with Gasteiger partial charge in [0.1, 0.15) is 0 Å². The fourth-order valence-electron chi connectivity index (χ4n) is 2.06. The van der Waals surface area contributed by atoms with Gasteiger partial charge in [-0.3, -0.25) is 4.90 Å². The molecule has 18 heavy (non-hydrogen) atoms. The minimum absolute atomic E-state index is 0.175. The third-order valence-electron chi connectivity index (χ3n) is 3.15. The number of nitrogens with zero attached hydrogens (tertiary/aromatic N) is 3. The minimum Gasteiger partial charge on any atom is -0.360 e. The molecule has 1 aromatic heterocycles. The van der Waals surface area contributed by atoms with Crippen molar-refractivity contribution in [3.63, 3.8) is 0 Å². The molecule has 2 rings (SSSR count). The Bertz CT molecular complexity index is 489. The SMILES string of the molecule is CCS(=O)(=O)N1CCN(Cc2cc(C)no2)CC1. The maximum Gasteiger partial charge on any atom is 0.213 e. The Labute approximate surface area is 108 Å². The van der Waals surface area contributed by atoms with Crippen molar-refractivity contribution in [2.45, 2.75) is 20.4 Å². The lowest BCUT2D eigenvalue weighted by Crippen LogP contribution is -2.48. The van der Waals surface area contributed by atoms with Crippen LogP contribution in [0.2, 0.25) is 0 Å². The van der Waals surface area contributed by atoms with Gasteiger partial charge >= 0.3 is 0 Å². The lowest BCUT2D eigenvalue weighted by atomic mass is 10.3. The maximum atomic E-state index is 11.7. The van der Waals surface area contributed by atoms with Gasteiger partial charge in [0.15, 0.2) is 5.76 Å². The molecular weight excluding hydrogens is 254 g/mol. The van der Waals surface area contributed by atoms with Gasteiger partial charge in [0.25, 0.3) is 0 Å². The monoisotopic (exact) mass is 273 g/mol. The fourth-order valence-corrected chi connectivity index (χ4v) is 3.14. The second-order valence-corrected chi connectivity index (χ2v) is 6.77. The first-order valence-corrected chi connectivity index (χ1v) is 7.74. The molecule has 1 fully saturated rings. The summed E-state index contributed by atoms with van der Waals surface area (Å²) in [5, 5.41) is 3.84. The molecule has 1 aliphatic rings. The average Bonchev–Trinajstić information content (AvgIpc) is 2.75. The largest absolute Gasteiger partial charge is 0.360 e. The Kier molecular flexibility index (Phi) is 4.04. The highest BCUT2D eigenvalue weighted by atomic mass is 32.2. The van der Waals surface area contributed by atoms with Crippen LogP contribution in [0.3, 0.4) is 0 Å².